The van der Waals surface area contributed by atoms with Crippen molar-refractivity contribution in [1.29, 1.82) is 0 Å². The molecule has 0 saturated heterocycles. The molecule has 0 aromatic rings. The van der Waals surface area contributed by atoms with Crippen molar-refractivity contribution in [3.63, 3.8) is 0 Å². The van der Waals surface area contributed by atoms with Crippen LogP contribution in [0.2, 0.25) is 0 Å². The highest BCUT2D eigenvalue weighted by Gasteiger charge is 2.18. The zero-order chi connectivity index (χ0) is 11.8. The summed E-state index contributed by atoms with van der Waals surface area (Å²) in [5, 5.41) is 1.12. The first-order chi connectivity index (χ1) is 7.06. The average Bonchev–Trinajstić information content (AvgIpc) is 2.21. The molecule has 0 aliphatic rings. The molecule has 0 bridgehead atoms. The monoisotopic (exact) mass is 295 g/mol. The molecule has 0 fully saturated rings. The van der Waals surface area contributed by atoms with Crippen molar-refractivity contribution in [3.05, 3.63) is 0 Å². The van der Waals surface area contributed by atoms with Gasteiger partial charge in [0.15, 0.2) is 0 Å². The van der Waals surface area contributed by atoms with Crippen LogP contribution in [0.5, 0.6) is 0 Å². The van der Waals surface area contributed by atoms with E-state index in [4.69, 9.17) is 0 Å². The van der Waals surface area contributed by atoms with E-state index < -0.39 is 0 Å². The molecule has 1 nitrogen and oxygen atoms in total. The second-order valence-corrected chi connectivity index (χ2v) is 6.17. The molecule has 3 heteroatoms. The Balaban J connectivity index is 4.11. The van der Waals surface area contributed by atoms with Gasteiger partial charge in [-0.1, -0.05) is 36.7 Å². The highest BCUT2D eigenvalue weighted by atomic mass is 79.9. The van der Waals surface area contributed by atoms with E-state index in [0.717, 1.165) is 23.2 Å². The molecule has 2 unspecified atom stereocenters. The molecule has 0 N–H and O–H groups in total. The lowest BCUT2D eigenvalue weighted by molar-refractivity contribution is 0.202. The van der Waals surface area contributed by atoms with E-state index in [1.54, 1.807) is 0 Å². The van der Waals surface area contributed by atoms with E-state index in [-0.39, 0.29) is 0 Å². The molecule has 0 rings (SSSR count). The summed E-state index contributed by atoms with van der Waals surface area (Å²) in [6, 6.07) is 0.736. The molecule has 0 aliphatic heterocycles. The second-order valence-electron chi connectivity index (χ2n) is 4.62. The van der Waals surface area contributed by atoms with Crippen molar-refractivity contribution in [2.75, 3.05) is 30.9 Å². The number of thioether (sulfide) groups is 1. The van der Waals surface area contributed by atoms with Crippen molar-refractivity contribution >= 4 is 27.7 Å². The summed E-state index contributed by atoms with van der Waals surface area (Å²) < 4.78 is 0. The zero-order valence-corrected chi connectivity index (χ0v) is 13.2. The maximum absolute atomic E-state index is 3.62. The molecule has 0 aliphatic carbocycles. The van der Waals surface area contributed by atoms with Gasteiger partial charge in [-0.15, -0.1) is 0 Å². The van der Waals surface area contributed by atoms with Crippen LogP contribution >= 0.6 is 27.7 Å². The Labute approximate surface area is 109 Å². The van der Waals surface area contributed by atoms with Gasteiger partial charge < -0.3 is 4.90 Å². The highest BCUT2D eigenvalue weighted by molar-refractivity contribution is 9.09. The fraction of sp³-hybridized carbons (Fsp3) is 1.00. The van der Waals surface area contributed by atoms with Crippen LogP contribution in [-0.2, 0) is 0 Å². The van der Waals surface area contributed by atoms with Crippen LogP contribution < -0.4 is 0 Å². The molecule has 92 valence electrons. The van der Waals surface area contributed by atoms with Crippen molar-refractivity contribution < 1.29 is 0 Å². The Morgan fingerprint density at radius 1 is 1.33 bits per heavy atom. The van der Waals surface area contributed by atoms with E-state index >= 15 is 0 Å². The van der Waals surface area contributed by atoms with E-state index in [9.17, 15) is 0 Å². The molecule has 0 heterocycles. The minimum Gasteiger partial charge on any atom is -0.302 e. The van der Waals surface area contributed by atoms with Crippen molar-refractivity contribution in [3.8, 4) is 0 Å². The first-order valence-electron chi connectivity index (χ1n) is 5.81. The number of hydrogen-bond donors (Lipinski definition) is 0. The van der Waals surface area contributed by atoms with Gasteiger partial charge in [-0.2, -0.15) is 11.8 Å². The number of nitrogens with zero attached hydrogens (tertiary/aromatic N) is 1. The van der Waals surface area contributed by atoms with Gasteiger partial charge >= 0.3 is 0 Å². The van der Waals surface area contributed by atoms with Gasteiger partial charge in [-0.25, -0.2) is 0 Å². The van der Waals surface area contributed by atoms with Gasteiger partial charge in [0.05, 0.1) is 0 Å². The third-order valence-corrected chi connectivity index (χ3v) is 4.67. The van der Waals surface area contributed by atoms with E-state index in [1.165, 1.54) is 18.7 Å². The maximum atomic E-state index is 3.62. The van der Waals surface area contributed by atoms with Crippen LogP contribution in [0.4, 0.5) is 0 Å². The zero-order valence-electron chi connectivity index (χ0n) is 10.8. The summed E-state index contributed by atoms with van der Waals surface area (Å²) in [5.74, 6) is 2.78. The summed E-state index contributed by atoms with van der Waals surface area (Å²) in [6.45, 7) is 8.13. The summed E-state index contributed by atoms with van der Waals surface area (Å²) in [6.07, 6.45) is 3.45. The van der Waals surface area contributed by atoms with E-state index in [0.29, 0.717) is 0 Å². The fourth-order valence-corrected chi connectivity index (χ4v) is 3.53. The smallest absolute Gasteiger partial charge is 0.0180 e. The normalized spacial score (nSPS) is 16.0. The van der Waals surface area contributed by atoms with Crippen LogP contribution in [0.1, 0.15) is 27.2 Å². The predicted octanol–water partition coefficient (Wildman–Crippen LogP) is 3.73. The summed E-state index contributed by atoms with van der Waals surface area (Å²) >= 11 is 5.58. The van der Waals surface area contributed by atoms with Crippen molar-refractivity contribution in [1.82, 2.24) is 4.90 Å². The van der Waals surface area contributed by atoms with Crippen LogP contribution in [0.3, 0.4) is 0 Å². The number of rotatable bonds is 8. The molecule has 0 aromatic heterocycles. The van der Waals surface area contributed by atoms with Gasteiger partial charge in [0.1, 0.15) is 0 Å². The lowest BCUT2D eigenvalue weighted by atomic mass is 9.97. The lowest BCUT2D eigenvalue weighted by Gasteiger charge is -2.31. The first kappa shape index (κ1) is 15.8. The van der Waals surface area contributed by atoms with Gasteiger partial charge in [-0.05, 0) is 31.6 Å². The molecule has 0 saturated carbocycles. The van der Waals surface area contributed by atoms with E-state index in [1.807, 2.05) is 11.8 Å². The fourth-order valence-electron chi connectivity index (χ4n) is 1.71. The molecule has 0 spiro atoms. The Morgan fingerprint density at radius 2 is 1.93 bits per heavy atom. The van der Waals surface area contributed by atoms with Crippen LogP contribution in [0, 0.1) is 11.8 Å². The topological polar surface area (TPSA) is 3.24 Å². The standard InChI is InChI=1S/C12H26BrNS/c1-6-12(9-15-5)14(4)8-11(7-13)10(2)3/h10-12H,6-9H2,1-5H3. The van der Waals surface area contributed by atoms with Crippen LogP contribution in [0.25, 0.3) is 0 Å². The highest BCUT2D eigenvalue weighted by Crippen LogP contribution is 2.17. The lowest BCUT2D eigenvalue weighted by Crippen LogP contribution is -2.38. The molecule has 2 atom stereocenters. The van der Waals surface area contributed by atoms with Crippen molar-refractivity contribution in [2.24, 2.45) is 11.8 Å². The molecule has 0 aromatic carbocycles. The Kier molecular flexibility index (Phi) is 9.35. The number of alkyl halides is 1. The third-order valence-electron chi connectivity index (χ3n) is 3.12. The van der Waals surface area contributed by atoms with Gasteiger partial charge in [0, 0.05) is 23.7 Å². The molecular weight excluding hydrogens is 270 g/mol. The van der Waals surface area contributed by atoms with Crippen LogP contribution in [-0.4, -0.2) is 41.9 Å². The number of halogens is 1. The molecule has 15 heavy (non-hydrogen) atoms. The molecular formula is C12H26BrNS. The first-order valence-corrected chi connectivity index (χ1v) is 8.33. The molecule has 0 radical (unpaired) electrons. The van der Waals surface area contributed by atoms with Crippen LogP contribution in [0.15, 0.2) is 0 Å². The van der Waals surface area contributed by atoms with E-state index in [2.05, 4.69) is 54.9 Å². The number of hydrogen-bond acceptors (Lipinski definition) is 2. The predicted molar refractivity (Wildman–Crippen MR) is 77.2 cm³/mol. The van der Waals surface area contributed by atoms with Gasteiger partial charge in [0.2, 0.25) is 0 Å². The Hall–Kier alpha value is 0.790. The Bertz CT molecular complexity index is 153. The van der Waals surface area contributed by atoms with Gasteiger partial charge in [-0.3, -0.25) is 0 Å². The van der Waals surface area contributed by atoms with Crippen molar-refractivity contribution in [2.45, 2.75) is 33.2 Å². The van der Waals surface area contributed by atoms with Gasteiger partial charge in [0.25, 0.3) is 0 Å². The summed E-state index contributed by atoms with van der Waals surface area (Å²) in [4.78, 5) is 2.53. The quantitative estimate of drug-likeness (QED) is 0.628. The summed E-state index contributed by atoms with van der Waals surface area (Å²) in [7, 11) is 2.27. The minimum atomic E-state index is 0.736. The Morgan fingerprint density at radius 3 is 2.27 bits per heavy atom. The minimum absolute atomic E-state index is 0.736. The SMILES string of the molecule is CCC(CSC)N(C)CC(CBr)C(C)C. The maximum Gasteiger partial charge on any atom is 0.0180 e. The molecule has 0 amide bonds. The third kappa shape index (κ3) is 6.18. The largest absolute Gasteiger partial charge is 0.302 e. The second kappa shape index (κ2) is 8.89. The summed E-state index contributed by atoms with van der Waals surface area (Å²) in [5.41, 5.74) is 0. The average molecular weight is 296 g/mol.